The average Bonchev–Trinajstić information content (AvgIpc) is 3.11. The van der Waals surface area contributed by atoms with Gasteiger partial charge in [0.25, 0.3) is 0 Å². The smallest absolute Gasteiger partial charge is 0.192 e. The Kier molecular flexibility index (Phi) is 11.1. The number of aliphatic imine (C=N–C) groups is 1. The van der Waals surface area contributed by atoms with Crippen LogP contribution in [0.15, 0.2) is 23.2 Å². The minimum atomic E-state index is 0. The second-order valence-electron chi connectivity index (χ2n) is 7.86. The maximum atomic E-state index is 5.42. The molecule has 1 saturated heterocycles. The molecule has 3 heterocycles. The summed E-state index contributed by atoms with van der Waals surface area (Å²) in [5, 5.41) is 15.2. The van der Waals surface area contributed by atoms with Crippen LogP contribution < -0.4 is 15.5 Å². The quantitative estimate of drug-likeness (QED) is 0.205. The van der Waals surface area contributed by atoms with Crippen LogP contribution >= 0.6 is 24.0 Å². The summed E-state index contributed by atoms with van der Waals surface area (Å²) in [7, 11) is 5.94. The minimum Gasteiger partial charge on any atom is -0.379 e. The lowest BCUT2D eigenvalue weighted by atomic mass is 10.3. The number of morpholine rings is 1. The van der Waals surface area contributed by atoms with Crippen molar-refractivity contribution in [1.82, 2.24) is 35.3 Å². The van der Waals surface area contributed by atoms with Gasteiger partial charge in [-0.05, 0) is 32.0 Å². The monoisotopic (exact) mass is 557 g/mol. The van der Waals surface area contributed by atoms with E-state index in [4.69, 9.17) is 9.73 Å². The van der Waals surface area contributed by atoms with E-state index in [0.29, 0.717) is 13.1 Å². The zero-order valence-electron chi connectivity index (χ0n) is 19.5. The van der Waals surface area contributed by atoms with Gasteiger partial charge in [-0.1, -0.05) is 6.07 Å². The molecule has 0 bridgehead atoms. The number of hydrogen-bond acceptors (Lipinski definition) is 7. The van der Waals surface area contributed by atoms with E-state index in [-0.39, 0.29) is 24.0 Å². The van der Waals surface area contributed by atoms with E-state index in [9.17, 15) is 0 Å². The van der Waals surface area contributed by atoms with Crippen LogP contribution in [-0.4, -0.2) is 84.1 Å². The molecule has 3 rings (SSSR count). The molecule has 178 valence electrons. The summed E-state index contributed by atoms with van der Waals surface area (Å²) in [6.45, 7) is 8.58. The predicted molar refractivity (Wildman–Crippen MR) is 138 cm³/mol. The Morgan fingerprint density at radius 2 is 1.97 bits per heavy atom. The minimum absolute atomic E-state index is 0. The third kappa shape index (κ3) is 8.17. The van der Waals surface area contributed by atoms with Crippen molar-refractivity contribution < 1.29 is 4.74 Å². The number of nitrogens with zero attached hydrogens (tertiary/aromatic N) is 7. The van der Waals surface area contributed by atoms with Gasteiger partial charge >= 0.3 is 0 Å². The first-order chi connectivity index (χ1) is 15.0. The fourth-order valence-corrected chi connectivity index (χ4v) is 3.24. The van der Waals surface area contributed by atoms with Crippen molar-refractivity contribution in [2.45, 2.75) is 26.4 Å². The largest absolute Gasteiger partial charge is 0.379 e. The van der Waals surface area contributed by atoms with E-state index in [2.05, 4.69) is 30.7 Å². The molecule has 2 aromatic heterocycles. The van der Waals surface area contributed by atoms with Gasteiger partial charge in [-0.3, -0.25) is 4.90 Å². The number of aryl methyl sites for hydroxylation is 1. The molecule has 0 aromatic carbocycles. The van der Waals surface area contributed by atoms with E-state index in [1.54, 1.807) is 0 Å². The Bertz CT molecular complexity index is 850. The van der Waals surface area contributed by atoms with Gasteiger partial charge in [-0.25, -0.2) is 9.98 Å². The van der Waals surface area contributed by atoms with Crippen molar-refractivity contribution in [2.75, 3.05) is 58.4 Å². The summed E-state index contributed by atoms with van der Waals surface area (Å²) >= 11 is 0. The molecule has 0 radical (unpaired) electrons. The van der Waals surface area contributed by atoms with E-state index in [1.165, 1.54) is 0 Å². The Balaban J connectivity index is 0.00000363. The molecule has 0 saturated carbocycles. The summed E-state index contributed by atoms with van der Waals surface area (Å²) in [4.78, 5) is 13.8. The molecule has 1 aliphatic rings. The van der Waals surface area contributed by atoms with Crippen molar-refractivity contribution in [1.29, 1.82) is 0 Å². The lowest BCUT2D eigenvalue weighted by Gasteiger charge is -2.26. The Morgan fingerprint density at radius 1 is 1.19 bits per heavy atom. The van der Waals surface area contributed by atoms with Crippen LogP contribution in [0, 0.1) is 6.92 Å². The molecule has 1 aliphatic heterocycles. The van der Waals surface area contributed by atoms with Gasteiger partial charge in [-0.2, -0.15) is 0 Å². The average molecular weight is 557 g/mol. The van der Waals surface area contributed by atoms with E-state index in [1.807, 2.05) is 55.7 Å². The second kappa shape index (κ2) is 13.5. The van der Waals surface area contributed by atoms with Gasteiger partial charge in [-0.15, -0.1) is 34.2 Å². The molecular weight excluding hydrogens is 521 g/mol. The van der Waals surface area contributed by atoms with E-state index >= 15 is 0 Å². The molecule has 0 amide bonds. The zero-order chi connectivity index (χ0) is 22.1. The van der Waals surface area contributed by atoms with E-state index < -0.39 is 0 Å². The van der Waals surface area contributed by atoms with Gasteiger partial charge in [0.15, 0.2) is 11.8 Å². The second-order valence-corrected chi connectivity index (χ2v) is 7.86. The number of rotatable bonds is 9. The maximum absolute atomic E-state index is 5.42. The molecule has 0 unspecified atom stereocenters. The number of ether oxygens (including phenoxy) is 1. The Morgan fingerprint density at radius 3 is 2.66 bits per heavy atom. The summed E-state index contributed by atoms with van der Waals surface area (Å²) in [5.74, 6) is 3.43. The Hall–Kier alpha value is -1.99. The maximum Gasteiger partial charge on any atom is 0.192 e. The molecule has 2 N–H and O–H groups in total. The third-order valence-corrected chi connectivity index (χ3v) is 5.29. The third-order valence-electron chi connectivity index (χ3n) is 5.29. The van der Waals surface area contributed by atoms with Crippen LogP contribution in [0.1, 0.15) is 23.8 Å². The number of aromatic nitrogens is 4. The highest BCUT2D eigenvalue weighted by atomic mass is 127. The van der Waals surface area contributed by atoms with Crippen molar-refractivity contribution in [3.8, 4) is 0 Å². The highest BCUT2D eigenvalue weighted by Gasteiger charge is 2.10. The van der Waals surface area contributed by atoms with Gasteiger partial charge in [0.1, 0.15) is 11.6 Å². The number of guanidine groups is 1. The molecule has 2 aromatic rings. The fraction of sp³-hybridized carbons (Fsp3) is 0.619. The molecule has 0 aliphatic carbocycles. The summed E-state index contributed by atoms with van der Waals surface area (Å²) in [6.07, 6.45) is 1.04. The van der Waals surface area contributed by atoms with E-state index in [0.717, 1.165) is 74.9 Å². The predicted octanol–water partition coefficient (Wildman–Crippen LogP) is 1.16. The number of hydrogen-bond donors (Lipinski definition) is 2. The van der Waals surface area contributed by atoms with Crippen molar-refractivity contribution >= 4 is 35.8 Å². The molecule has 0 atom stereocenters. The van der Waals surface area contributed by atoms with Crippen LogP contribution in [-0.2, 0) is 24.9 Å². The highest BCUT2D eigenvalue weighted by Crippen LogP contribution is 2.08. The molecule has 10 nitrogen and oxygen atoms in total. The standard InChI is InChI=1S/C21H35N9O.HI/c1-17-26-27-20(29(17)4)16-24-21(22-9-6-10-30-11-13-31-14-12-30)23-15-18-7-5-8-19(25-18)28(2)3;/h5,7-8H,6,9-16H2,1-4H3,(H2,22,23,24);1H. The highest BCUT2D eigenvalue weighted by molar-refractivity contribution is 14.0. The van der Waals surface area contributed by atoms with Crippen molar-refractivity contribution in [3.05, 3.63) is 35.5 Å². The van der Waals surface area contributed by atoms with Gasteiger partial charge < -0.3 is 24.8 Å². The van der Waals surface area contributed by atoms with Crippen molar-refractivity contribution in [3.63, 3.8) is 0 Å². The number of halogens is 1. The van der Waals surface area contributed by atoms with Crippen LogP contribution in [0.5, 0.6) is 0 Å². The Labute approximate surface area is 207 Å². The first kappa shape index (κ1) is 26.3. The molecule has 11 heteroatoms. The summed E-state index contributed by atoms with van der Waals surface area (Å²) < 4.78 is 7.40. The zero-order valence-corrected chi connectivity index (χ0v) is 21.9. The lowest BCUT2D eigenvalue weighted by molar-refractivity contribution is 0.0376. The van der Waals surface area contributed by atoms with Gasteiger partial charge in [0, 0.05) is 40.8 Å². The number of pyridine rings is 1. The topological polar surface area (TPSA) is 95.7 Å². The lowest BCUT2D eigenvalue weighted by Crippen LogP contribution is -2.40. The molecule has 1 fully saturated rings. The number of anilines is 1. The molecule has 0 spiro atoms. The first-order valence-electron chi connectivity index (χ1n) is 10.8. The van der Waals surface area contributed by atoms with Gasteiger partial charge in [0.05, 0.1) is 32.0 Å². The normalized spacial score (nSPS) is 14.7. The van der Waals surface area contributed by atoms with Gasteiger partial charge in [0.2, 0.25) is 0 Å². The van der Waals surface area contributed by atoms with Crippen LogP contribution in [0.3, 0.4) is 0 Å². The van der Waals surface area contributed by atoms with Crippen molar-refractivity contribution in [2.24, 2.45) is 12.0 Å². The SMILES string of the molecule is Cc1nnc(CNC(=NCc2cccc(N(C)C)n2)NCCCN2CCOCC2)n1C.I. The fourth-order valence-electron chi connectivity index (χ4n) is 3.24. The van der Waals surface area contributed by atoms with Crippen LogP contribution in [0.4, 0.5) is 5.82 Å². The summed E-state index contributed by atoms with van der Waals surface area (Å²) in [5.41, 5.74) is 0.926. The summed E-state index contributed by atoms with van der Waals surface area (Å²) in [6, 6.07) is 6.00. The number of nitrogens with one attached hydrogen (secondary N) is 2. The van der Waals surface area contributed by atoms with Crippen LogP contribution in [0.25, 0.3) is 0 Å². The van der Waals surface area contributed by atoms with Crippen LogP contribution in [0.2, 0.25) is 0 Å². The molecular formula is C21H36IN9O. The molecule has 32 heavy (non-hydrogen) atoms. The first-order valence-corrected chi connectivity index (χ1v) is 10.8.